The van der Waals surface area contributed by atoms with Crippen molar-refractivity contribution in [1.82, 2.24) is 5.32 Å². The number of hydrogen-bond acceptors (Lipinski definition) is 1. The Morgan fingerprint density at radius 3 is 2.92 bits per heavy atom. The lowest BCUT2D eigenvalue weighted by Crippen LogP contribution is -2.28. The lowest BCUT2D eigenvalue weighted by atomic mass is 10.1. The molecule has 1 radical (unpaired) electrons. The molecular formula is C10H11ClNO. The molecule has 2 rings (SSSR count). The minimum Gasteiger partial charge on any atom is -0.371 e. The van der Waals surface area contributed by atoms with Gasteiger partial charge in [-0.1, -0.05) is 29.8 Å². The van der Waals surface area contributed by atoms with E-state index in [9.17, 15) is 0 Å². The quantitative estimate of drug-likeness (QED) is 0.674. The van der Waals surface area contributed by atoms with E-state index in [0.29, 0.717) is 6.61 Å². The summed E-state index contributed by atoms with van der Waals surface area (Å²) in [6.07, 6.45) is 0.0578. The van der Waals surface area contributed by atoms with Gasteiger partial charge in [-0.3, -0.25) is 0 Å². The minimum absolute atomic E-state index is 0.0578. The second-order valence-corrected chi connectivity index (χ2v) is 3.42. The van der Waals surface area contributed by atoms with Crippen molar-refractivity contribution in [2.75, 3.05) is 19.7 Å². The average molecular weight is 197 g/mol. The van der Waals surface area contributed by atoms with Gasteiger partial charge < -0.3 is 4.74 Å². The second kappa shape index (κ2) is 4.09. The number of halogens is 1. The van der Waals surface area contributed by atoms with Crippen LogP contribution < -0.4 is 5.32 Å². The normalized spacial score (nSPS) is 23.0. The first-order valence-corrected chi connectivity index (χ1v) is 4.75. The van der Waals surface area contributed by atoms with Crippen molar-refractivity contribution < 1.29 is 4.74 Å². The lowest BCUT2D eigenvalue weighted by molar-refractivity contribution is 0.0261. The van der Waals surface area contributed by atoms with Crippen LogP contribution in [0.2, 0.25) is 5.02 Å². The zero-order valence-corrected chi connectivity index (χ0v) is 8.00. The summed E-state index contributed by atoms with van der Waals surface area (Å²) in [6.45, 7) is 2.24. The van der Waals surface area contributed by atoms with E-state index in [2.05, 4.69) is 5.32 Å². The van der Waals surface area contributed by atoms with Gasteiger partial charge in [0.05, 0.1) is 12.7 Å². The van der Waals surface area contributed by atoms with Gasteiger partial charge in [-0.25, -0.2) is 5.32 Å². The molecule has 1 aromatic carbocycles. The zero-order chi connectivity index (χ0) is 9.10. The van der Waals surface area contributed by atoms with E-state index < -0.39 is 0 Å². The van der Waals surface area contributed by atoms with Crippen molar-refractivity contribution in [1.29, 1.82) is 0 Å². The molecule has 0 N–H and O–H groups in total. The van der Waals surface area contributed by atoms with E-state index in [1.54, 1.807) is 0 Å². The molecular weight excluding hydrogens is 186 g/mol. The van der Waals surface area contributed by atoms with Crippen molar-refractivity contribution in [3.63, 3.8) is 0 Å². The summed E-state index contributed by atoms with van der Waals surface area (Å²) in [4.78, 5) is 0. The molecule has 1 fully saturated rings. The summed E-state index contributed by atoms with van der Waals surface area (Å²) < 4.78 is 5.57. The Labute approximate surface area is 82.9 Å². The molecule has 1 saturated heterocycles. The van der Waals surface area contributed by atoms with Gasteiger partial charge in [0.1, 0.15) is 0 Å². The van der Waals surface area contributed by atoms with E-state index in [-0.39, 0.29) is 6.10 Å². The van der Waals surface area contributed by atoms with Crippen molar-refractivity contribution in [3.8, 4) is 0 Å². The predicted molar refractivity (Wildman–Crippen MR) is 52.0 cm³/mol. The highest BCUT2D eigenvalue weighted by molar-refractivity contribution is 6.31. The third kappa shape index (κ3) is 2.02. The molecule has 1 atom stereocenters. The van der Waals surface area contributed by atoms with Gasteiger partial charge in [-0.05, 0) is 6.07 Å². The number of ether oxygens (including phenoxy) is 1. The van der Waals surface area contributed by atoms with Crippen LogP contribution in [-0.2, 0) is 4.74 Å². The first kappa shape index (κ1) is 9.00. The first-order chi connectivity index (χ1) is 6.38. The molecule has 0 aromatic heterocycles. The molecule has 69 valence electrons. The number of benzene rings is 1. The highest BCUT2D eigenvalue weighted by Gasteiger charge is 2.18. The van der Waals surface area contributed by atoms with Crippen LogP contribution in [0.3, 0.4) is 0 Å². The van der Waals surface area contributed by atoms with Crippen LogP contribution >= 0.6 is 11.6 Å². The predicted octanol–water partition coefficient (Wildman–Crippen LogP) is 2.02. The Kier molecular flexibility index (Phi) is 2.83. The van der Waals surface area contributed by atoms with E-state index in [4.69, 9.17) is 16.3 Å². The third-order valence-electron chi connectivity index (χ3n) is 2.12. The first-order valence-electron chi connectivity index (χ1n) is 4.37. The van der Waals surface area contributed by atoms with Crippen LogP contribution in [0.4, 0.5) is 0 Å². The smallest absolute Gasteiger partial charge is 0.0980 e. The number of nitrogens with zero attached hydrogens (tertiary/aromatic N) is 1. The van der Waals surface area contributed by atoms with Crippen LogP contribution in [0.25, 0.3) is 0 Å². The summed E-state index contributed by atoms with van der Waals surface area (Å²) in [5.41, 5.74) is 1.05. The Balaban J connectivity index is 2.18. The van der Waals surface area contributed by atoms with Crippen LogP contribution in [0.15, 0.2) is 24.3 Å². The summed E-state index contributed by atoms with van der Waals surface area (Å²) in [7, 11) is 0. The van der Waals surface area contributed by atoms with Crippen molar-refractivity contribution >= 4 is 11.6 Å². The SMILES string of the molecule is Clc1ccccc1[C@@H]1C[N]CCO1. The molecule has 2 nitrogen and oxygen atoms in total. The molecule has 0 bridgehead atoms. The fourth-order valence-corrected chi connectivity index (χ4v) is 1.70. The van der Waals surface area contributed by atoms with Gasteiger partial charge >= 0.3 is 0 Å². The van der Waals surface area contributed by atoms with E-state index in [1.165, 1.54) is 0 Å². The zero-order valence-electron chi connectivity index (χ0n) is 7.24. The number of morpholine rings is 1. The molecule has 3 heteroatoms. The largest absolute Gasteiger partial charge is 0.371 e. The fourth-order valence-electron chi connectivity index (χ4n) is 1.45. The molecule has 1 aromatic rings. The Morgan fingerprint density at radius 1 is 1.38 bits per heavy atom. The van der Waals surface area contributed by atoms with E-state index in [0.717, 1.165) is 23.7 Å². The molecule has 0 amide bonds. The molecule has 1 heterocycles. The van der Waals surface area contributed by atoms with Gasteiger partial charge in [0.25, 0.3) is 0 Å². The molecule has 0 spiro atoms. The summed E-state index contributed by atoms with van der Waals surface area (Å²) in [6, 6.07) is 7.77. The molecule has 1 aliphatic rings. The van der Waals surface area contributed by atoms with Gasteiger partial charge in [0.2, 0.25) is 0 Å². The van der Waals surface area contributed by atoms with E-state index in [1.807, 2.05) is 24.3 Å². The summed E-state index contributed by atoms with van der Waals surface area (Å²) in [5.74, 6) is 0. The van der Waals surface area contributed by atoms with Crippen LogP contribution in [0.1, 0.15) is 11.7 Å². The summed E-state index contributed by atoms with van der Waals surface area (Å²) >= 11 is 6.04. The maximum atomic E-state index is 6.04. The van der Waals surface area contributed by atoms with Crippen molar-refractivity contribution in [3.05, 3.63) is 34.9 Å². The molecule has 13 heavy (non-hydrogen) atoms. The number of rotatable bonds is 1. The average Bonchev–Trinajstić information content (AvgIpc) is 2.20. The van der Waals surface area contributed by atoms with E-state index >= 15 is 0 Å². The molecule has 0 saturated carbocycles. The van der Waals surface area contributed by atoms with Crippen molar-refractivity contribution in [2.45, 2.75) is 6.10 Å². The Hall–Kier alpha value is -0.570. The Bertz CT molecular complexity index is 284. The van der Waals surface area contributed by atoms with Gasteiger partial charge in [-0.15, -0.1) is 0 Å². The fraction of sp³-hybridized carbons (Fsp3) is 0.400. The highest BCUT2D eigenvalue weighted by Crippen LogP contribution is 2.26. The third-order valence-corrected chi connectivity index (χ3v) is 2.46. The molecule has 0 unspecified atom stereocenters. The molecule has 1 aliphatic heterocycles. The topological polar surface area (TPSA) is 23.3 Å². The highest BCUT2D eigenvalue weighted by atomic mass is 35.5. The van der Waals surface area contributed by atoms with Crippen molar-refractivity contribution in [2.24, 2.45) is 0 Å². The maximum absolute atomic E-state index is 6.04. The maximum Gasteiger partial charge on any atom is 0.0980 e. The van der Waals surface area contributed by atoms with Crippen LogP contribution in [-0.4, -0.2) is 19.7 Å². The second-order valence-electron chi connectivity index (χ2n) is 3.01. The van der Waals surface area contributed by atoms with Gasteiger partial charge in [-0.2, -0.15) is 0 Å². The Morgan fingerprint density at radius 2 is 2.23 bits per heavy atom. The van der Waals surface area contributed by atoms with Crippen LogP contribution in [0.5, 0.6) is 0 Å². The number of hydrogen-bond donors (Lipinski definition) is 0. The minimum atomic E-state index is 0.0578. The molecule has 0 aliphatic carbocycles. The monoisotopic (exact) mass is 196 g/mol. The van der Waals surface area contributed by atoms with Gasteiger partial charge in [0, 0.05) is 23.7 Å². The summed E-state index contributed by atoms with van der Waals surface area (Å²) in [5, 5.41) is 5.06. The van der Waals surface area contributed by atoms with Gasteiger partial charge in [0.15, 0.2) is 0 Å². The van der Waals surface area contributed by atoms with Crippen LogP contribution in [0, 0.1) is 0 Å². The standard InChI is InChI=1S/C10H11ClNO/c11-9-4-2-1-3-8(9)10-7-12-5-6-13-10/h1-4,10H,5-7H2/t10-/m0/s1. The lowest BCUT2D eigenvalue weighted by Gasteiger charge is -2.23.